The second kappa shape index (κ2) is 5.52. The lowest BCUT2D eigenvalue weighted by Gasteiger charge is -2.18. The molecule has 2 rings (SSSR count). The van der Waals surface area contributed by atoms with E-state index >= 15 is 0 Å². The molecule has 2 unspecified atom stereocenters. The third-order valence-electron chi connectivity index (χ3n) is 2.91. The largest absolute Gasteiger partial charge is 0.326 e. The molecule has 88 valence electrons. The molecule has 1 aromatic carbocycles. The van der Waals surface area contributed by atoms with E-state index in [1.54, 1.807) is 12.1 Å². The Morgan fingerprint density at radius 2 is 2.38 bits per heavy atom. The zero-order chi connectivity index (χ0) is 11.5. The van der Waals surface area contributed by atoms with E-state index in [9.17, 15) is 4.39 Å². The Labute approximate surface area is 108 Å². The first-order valence-corrected chi connectivity index (χ1v) is 7.32. The van der Waals surface area contributed by atoms with E-state index in [0.717, 1.165) is 16.5 Å². The van der Waals surface area contributed by atoms with Crippen molar-refractivity contribution in [3.8, 4) is 0 Å². The highest BCUT2D eigenvalue weighted by Gasteiger charge is 2.23. The topological polar surface area (TPSA) is 26.0 Å². The van der Waals surface area contributed by atoms with E-state index < -0.39 is 0 Å². The number of hydrogen-bond acceptors (Lipinski definition) is 2. The average Bonchev–Trinajstić information content (AvgIpc) is 2.76. The van der Waals surface area contributed by atoms with Gasteiger partial charge >= 0.3 is 0 Å². The predicted octanol–water partition coefficient (Wildman–Crippen LogP) is 3.35. The Balaban J connectivity index is 2.04. The summed E-state index contributed by atoms with van der Waals surface area (Å²) in [6.07, 6.45) is 3.20. The van der Waals surface area contributed by atoms with Crippen LogP contribution in [0.1, 0.15) is 18.4 Å². The molecule has 0 bridgehead atoms. The summed E-state index contributed by atoms with van der Waals surface area (Å²) in [7, 11) is 0. The minimum absolute atomic E-state index is 0.130. The molecule has 1 saturated heterocycles. The van der Waals surface area contributed by atoms with Crippen LogP contribution in [0.15, 0.2) is 22.7 Å². The maximum atomic E-state index is 13.1. The van der Waals surface area contributed by atoms with Crippen molar-refractivity contribution in [3.05, 3.63) is 34.1 Å². The van der Waals surface area contributed by atoms with Crippen molar-refractivity contribution < 1.29 is 4.39 Å². The van der Waals surface area contributed by atoms with Gasteiger partial charge in [-0.3, -0.25) is 0 Å². The molecular formula is C12H15BrFNS. The van der Waals surface area contributed by atoms with Crippen LogP contribution in [0.25, 0.3) is 0 Å². The fourth-order valence-corrected chi connectivity index (χ4v) is 3.75. The summed E-state index contributed by atoms with van der Waals surface area (Å²) in [6, 6.07) is 4.91. The number of thioether (sulfide) groups is 1. The number of nitrogens with two attached hydrogens (primary N) is 1. The van der Waals surface area contributed by atoms with Crippen LogP contribution in [0.4, 0.5) is 4.39 Å². The van der Waals surface area contributed by atoms with Crippen molar-refractivity contribution in [2.45, 2.75) is 30.6 Å². The molecule has 1 aromatic rings. The molecule has 4 heteroatoms. The molecule has 2 N–H and O–H groups in total. The van der Waals surface area contributed by atoms with E-state index in [2.05, 4.69) is 15.9 Å². The van der Waals surface area contributed by atoms with Gasteiger partial charge in [0.1, 0.15) is 5.82 Å². The SMILES string of the molecule is NC(Cc1cc(F)ccc1Br)C1CCCS1. The number of halogens is 2. The van der Waals surface area contributed by atoms with E-state index in [4.69, 9.17) is 5.73 Å². The molecule has 0 radical (unpaired) electrons. The Morgan fingerprint density at radius 3 is 3.06 bits per heavy atom. The van der Waals surface area contributed by atoms with Gasteiger partial charge in [0.25, 0.3) is 0 Å². The van der Waals surface area contributed by atoms with Gasteiger partial charge < -0.3 is 5.73 Å². The Bertz CT molecular complexity index is 366. The van der Waals surface area contributed by atoms with Crippen LogP contribution < -0.4 is 5.73 Å². The van der Waals surface area contributed by atoms with Gasteiger partial charge in [0.05, 0.1) is 0 Å². The van der Waals surface area contributed by atoms with Crippen molar-refractivity contribution >= 4 is 27.7 Å². The third kappa shape index (κ3) is 2.99. The Kier molecular flexibility index (Phi) is 4.27. The van der Waals surface area contributed by atoms with Crippen LogP contribution in [0.2, 0.25) is 0 Å². The summed E-state index contributed by atoms with van der Waals surface area (Å²) in [5.74, 6) is 1.02. The maximum Gasteiger partial charge on any atom is 0.123 e. The molecule has 0 aliphatic carbocycles. The number of rotatable bonds is 3. The van der Waals surface area contributed by atoms with Crippen molar-refractivity contribution in [2.24, 2.45) is 5.73 Å². The van der Waals surface area contributed by atoms with Crippen molar-refractivity contribution in [1.29, 1.82) is 0 Å². The summed E-state index contributed by atoms with van der Waals surface area (Å²) in [5.41, 5.74) is 7.14. The van der Waals surface area contributed by atoms with Gasteiger partial charge in [-0.05, 0) is 48.8 Å². The van der Waals surface area contributed by atoms with E-state index in [0.29, 0.717) is 5.25 Å². The van der Waals surface area contributed by atoms with Gasteiger partial charge in [-0.15, -0.1) is 0 Å². The Hall–Kier alpha value is -0.0600. The average molecular weight is 304 g/mol. The lowest BCUT2D eigenvalue weighted by atomic mass is 10.0. The molecule has 1 aliphatic rings. The van der Waals surface area contributed by atoms with E-state index in [1.807, 2.05) is 11.8 Å². The molecule has 1 fully saturated rings. The van der Waals surface area contributed by atoms with Crippen LogP contribution in [0.5, 0.6) is 0 Å². The normalized spacial score (nSPS) is 22.3. The van der Waals surface area contributed by atoms with Gasteiger partial charge in [-0.25, -0.2) is 4.39 Å². The molecule has 0 aromatic heterocycles. The van der Waals surface area contributed by atoms with Crippen LogP contribution in [-0.2, 0) is 6.42 Å². The quantitative estimate of drug-likeness (QED) is 0.927. The second-order valence-corrected chi connectivity index (χ2v) is 6.36. The van der Waals surface area contributed by atoms with Gasteiger partial charge in [0.15, 0.2) is 0 Å². The van der Waals surface area contributed by atoms with Crippen molar-refractivity contribution in [2.75, 3.05) is 5.75 Å². The van der Waals surface area contributed by atoms with Gasteiger partial charge in [-0.2, -0.15) is 11.8 Å². The van der Waals surface area contributed by atoms with Crippen LogP contribution in [-0.4, -0.2) is 17.0 Å². The maximum absolute atomic E-state index is 13.1. The first-order chi connectivity index (χ1) is 7.66. The highest BCUT2D eigenvalue weighted by atomic mass is 79.9. The first-order valence-electron chi connectivity index (χ1n) is 5.48. The van der Waals surface area contributed by atoms with Crippen LogP contribution in [0, 0.1) is 5.82 Å². The molecule has 1 aliphatic heterocycles. The summed E-state index contributed by atoms with van der Waals surface area (Å²) in [6.45, 7) is 0. The van der Waals surface area contributed by atoms with Crippen molar-refractivity contribution in [1.82, 2.24) is 0 Å². The van der Waals surface area contributed by atoms with Crippen LogP contribution >= 0.6 is 27.7 Å². The predicted molar refractivity (Wildman–Crippen MR) is 71.3 cm³/mol. The minimum Gasteiger partial charge on any atom is -0.326 e. The summed E-state index contributed by atoms with van der Waals surface area (Å²) in [4.78, 5) is 0. The zero-order valence-electron chi connectivity index (χ0n) is 8.96. The summed E-state index contributed by atoms with van der Waals surface area (Å²) >= 11 is 5.38. The lowest BCUT2D eigenvalue weighted by Crippen LogP contribution is -2.33. The van der Waals surface area contributed by atoms with Gasteiger partial charge in [0.2, 0.25) is 0 Å². The molecule has 1 nitrogen and oxygen atoms in total. The fraction of sp³-hybridized carbons (Fsp3) is 0.500. The standard InChI is InChI=1S/C12H15BrFNS/c13-10-4-3-9(14)6-8(10)7-11(15)12-2-1-5-16-12/h3-4,6,11-12H,1-2,5,7,15H2. The number of benzene rings is 1. The molecule has 0 amide bonds. The van der Waals surface area contributed by atoms with E-state index in [1.165, 1.54) is 24.7 Å². The monoisotopic (exact) mass is 303 g/mol. The molecule has 16 heavy (non-hydrogen) atoms. The van der Waals surface area contributed by atoms with Crippen LogP contribution in [0.3, 0.4) is 0 Å². The molecule has 1 heterocycles. The van der Waals surface area contributed by atoms with E-state index in [-0.39, 0.29) is 11.9 Å². The zero-order valence-corrected chi connectivity index (χ0v) is 11.4. The summed E-state index contributed by atoms with van der Waals surface area (Å²) < 4.78 is 14.1. The molecular weight excluding hydrogens is 289 g/mol. The third-order valence-corrected chi connectivity index (χ3v) is 5.22. The molecule has 0 saturated carbocycles. The minimum atomic E-state index is -0.190. The van der Waals surface area contributed by atoms with Gasteiger partial charge in [-0.1, -0.05) is 15.9 Å². The lowest BCUT2D eigenvalue weighted by molar-refractivity contribution is 0.597. The summed E-state index contributed by atoms with van der Waals surface area (Å²) in [5, 5.41) is 0.537. The second-order valence-electron chi connectivity index (χ2n) is 4.16. The van der Waals surface area contributed by atoms with Gasteiger partial charge in [0, 0.05) is 15.8 Å². The molecule has 0 spiro atoms. The fourth-order valence-electron chi connectivity index (χ4n) is 2.03. The number of hydrogen-bond donors (Lipinski definition) is 1. The Morgan fingerprint density at radius 1 is 1.56 bits per heavy atom. The highest BCUT2D eigenvalue weighted by molar-refractivity contribution is 9.10. The van der Waals surface area contributed by atoms with Crippen molar-refractivity contribution in [3.63, 3.8) is 0 Å². The first kappa shape index (κ1) is 12.4. The molecule has 2 atom stereocenters. The highest BCUT2D eigenvalue weighted by Crippen LogP contribution is 2.30. The smallest absolute Gasteiger partial charge is 0.123 e.